The maximum absolute atomic E-state index is 12.6. The lowest BCUT2D eigenvalue weighted by Gasteiger charge is -2.12. The van der Waals surface area contributed by atoms with Crippen LogP contribution in [-0.4, -0.2) is 13.0 Å². The van der Waals surface area contributed by atoms with Gasteiger partial charge in [-0.1, -0.05) is 6.07 Å². The minimum atomic E-state index is -0.206. The number of nitriles is 1. The molecule has 3 aromatic rings. The van der Waals surface area contributed by atoms with Crippen LogP contribution in [0.3, 0.4) is 0 Å². The van der Waals surface area contributed by atoms with Crippen molar-refractivity contribution in [3.05, 3.63) is 82.9 Å². The summed E-state index contributed by atoms with van der Waals surface area (Å²) in [4.78, 5) is 12.6. The summed E-state index contributed by atoms with van der Waals surface area (Å²) < 4.78 is 11.1. The van der Waals surface area contributed by atoms with Crippen molar-refractivity contribution in [3.8, 4) is 23.3 Å². The zero-order chi connectivity index (χ0) is 20.1. The van der Waals surface area contributed by atoms with Gasteiger partial charge >= 0.3 is 0 Å². The van der Waals surface area contributed by atoms with Crippen LogP contribution in [0.1, 0.15) is 27.0 Å². The van der Waals surface area contributed by atoms with Gasteiger partial charge in [0.2, 0.25) is 0 Å². The number of carbonyl (C=O) groups excluding carboxylic acids is 1. The molecule has 0 atom stereocenters. The van der Waals surface area contributed by atoms with Crippen LogP contribution in [0.4, 0.5) is 5.69 Å². The number of hydrogen-bond acceptors (Lipinski definition) is 4. The van der Waals surface area contributed by atoms with Crippen LogP contribution < -0.4 is 14.8 Å². The Hall–Kier alpha value is -3.78. The molecule has 0 saturated heterocycles. The van der Waals surface area contributed by atoms with Crippen LogP contribution in [0.2, 0.25) is 0 Å². The molecule has 0 radical (unpaired) electrons. The van der Waals surface area contributed by atoms with Gasteiger partial charge in [-0.25, -0.2) is 0 Å². The van der Waals surface area contributed by atoms with Gasteiger partial charge in [-0.3, -0.25) is 4.79 Å². The number of aryl methyl sites for hydroxylation is 2. The lowest BCUT2D eigenvalue weighted by molar-refractivity contribution is 0.102. The highest BCUT2D eigenvalue weighted by atomic mass is 16.5. The number of ether oxygens (including phenoxy) is 2. The summed E-state index contributed by atoms with van der Waals surface area (Å²) in [5.74, 6) is 1.76. The van der Waals surface area contributed by atoms with Gasteiger partial charge in [0.1, 0.15) is 17.2 Å². The number of rotatable bonds is 5. The average Bonchev–Trinajstić information content (AvgIpc) is 2.71. The molecule has 0 aliphatic carbocycles. The van der Waals surface area contributed by atoms with Crippen LogP contribution in [0, 0.1) is 25.2 Å². The molecule has 0 aromatic heterocycles. The highest BCUT2D eigenvalue weighted by molar-refractivity contribution is 6.05. The average molecular weight is 372 g/mol. The van der Waals surface area contributed by atoms with Crippen molar-refractivity contribution < 1.29 is 14.3 Å². The number of methoxy groups -OCH3 is 1. The molecule has 0 spiro atoms. The summed E-state index contributed by atoms with van der Waals surface area (Å²) in [5.41, 5.74) is 3.66. The molecule has 1 N–H and O–H groups in total. The zero-order valence-corrected chi connectivity index (χ0v) is 15.9. The molecular formula is C23H20N2O3. The number of nitrogens with zero attached hydrogens (tertiary/aromatic N) is 1. The smallest absolute Gasteiger partial charge is 0.255 e. The van der Waals surface area contributed by atoms with Crippen LogP contribution in [0.25, 0.3) is 0 Å². The molecule has 0 saturated carbocycles. The number of amides is 1. The lowest BCUT2D eigenvalue weighted by atomic mass is 10.1. The molecular weight excluding hydrogens is 352 g/mol. The normalized spacial score (nSPS) is 10.1. The Labute approximate surface area is 164 Å². The first-order valence-electron chi connectivity index (χ1n) is 8.75. The van der Waals surface area contributed by atoms with E-state index in [9.17, 15) is 4.79 Å². The Morgan fingerprint density at radius 1 is 0.929 bits per heavy atom. The number of carbonyl (C=O) groups is 1. The van der Waals surface area contributed by atoms with Crippen LogP contribution in [0.5, 0.6) is 17.2 Å². The second-order valence-corrected chi connectivity index (χ2v) is 6.35. The summed E-state index contributed by atoms with van der Waals surface area (Å²) in [5, 5.41) is 11.8. The third kappa shape index (κ3) is 4.30. The van der Waals surface area contributed by atoms with Gasteiger partial charge in [-0.15, -0.1) is 0 Å². The van der Waals surface area contributed by atoms with E-state index in [1.807, 2.05) is 26.0 Å². The molecule has 0 fully saturated rings. The summed E-state index contributed by atoms with van der Waals surface area (Å²) >= 11 is 0. The van der Waals surface area contributed by atoms with Crippen molar-refractivity contribution in [1.29, 1.82) is 5.26 Å². The largest absolute Gasteiger partial charge is 0.496 e. The molecule has 0 aliphatic heterocycles. The van der Waals surface area contributed by atoms with Crippen molar-refractivity contribution in [3.63, 3.8) is 0 Å². The Kier molecular flexibility index (Phi) is 5.61. The van der Waals surface area contributed by atoms with Crippen LogP contribution >= 0.6 is 0 Å². The molecule has 1 amide bonds. The SMILES string of the molecule is COc1cc(C(=O)Nc2ccc(Oc3ccc(C#N)cc3)cc2C)ccc1C. The molecule has 5 heteroatoms. The minimum Gasteiger partial charge on any atom is -0.496 e. The molecule has 3 rings (SSSR count). The zero-order valence-electron chi connectivity index (χ0n) is 15.9. The summed E-state index contributed by atoms with van der Waals surface area (Å²) in [6.45, 7) is 3.83. The quantitative estimate of drug-likeness (QED) is 0.666. The third-order valence-corrected chi connectivity index (χ3v) is 4.34. The number of anilines is 1. The summed E-state index contributed by atoms with van der Waals surface area (Å²) in [6, 6.07) is 19.8. The number of hydrogen-bond donors (Lipinski definition) is 1. The van der Waals surface area contributed by atoms with E-state index >= 15 is 0 Å². The standard InChI is InChI=1S/C23H20N2O3/c1-15-4-7-18(13-22(15)27-3)23(26)25-21-11-10-20(12-16(21)2)28-19-8-5-17(14-24)6-9-19/h4-13H,1-3H3,(H,25,26). The maximum atomic E-state index is 12.6. The second kappa shape index (κ2) is 8.28. The van der Waals surface area contributed by atoms with Crippen LogP contribution in [-0.2, 0) is 0 Å². The third-order valence-electron chi connectivity index (χ3n) is 4.34. The molecule has 140 valence electrons. The molecule has 28 heavy (non-hydrogen) atoms. The van der Waals surface area contributed by atoms with Crippen molar-refractivity contribution in [2.75, 3.05) is 12.4 Å². The molecule has 0 bridgehead atoms. The molecule has 5 nitrogen and oxygen atoms in total. The molecule has 0 unspecified atom stereocenters. The first kappa shape index (κ1) is 19.0. The first-order chi connectivity index (χ1) is 13.5. The van der Waals surface area contributed by atoms with Gasteiger partial charge in [-0.2, -0.15) is 5.26 Å². The van der Waals surface area contributed by atoms with Gasteiger partial charge in [-0.05, 0) is 79.6 Å². The van der Waals surface area contributed by atoms with Crippen LogP contribution in [0.15, 0.2) is 60.7 Å². The lowest BCUT2D eigenvalue weighted by Crippen LogP contribution is -2.13. The predicted octanol–water partition coefficient (Wildman–Crippen LogP) is 5.23. The Morgan fingerprint density at radius 3 is 2.29 bits per heavy atom. The Balaban J connectivity index is 1.73. The van der Waals surface area contributed by atoms with E-state index in [4.69, 9.17) is 14.7 Å². The van der Waals surface area contributed by atoms with Crippen molar-refractivity contribution in [1.82, 2.24) is 0 Å². The second-order valence-electron chi connectivity index (χ2n) is 6.35. The van der Waals surface area contributed by atoms with Crippen molar-refractivity contribution in [2.24, 2.45) is 0 Å². The molecule has 3 aromatic carbocycles. The van der Waals surface area contributed by atoms with E-state index in [1.165, 1.54) is 0 Å². The van der Waals surface area contributed by atoms with E-state index < -0.39 is 0 Å². The highest BCUT2D eigenvalue weighted by Crippen LogP contribution is 2.27. The predicted molar refractivity (Wildman–Crippen MR) is 108 cm³/mol. The Morgan fingerprint density at radius 2 is 1.64 bits per heavy atom. The molecule has 0 heterocycles. The van der Waals surface area contributed by atoms with E-state index in [1.54, 1.807) is 55.6 Å². The highest BCUT2D eigenvalue weighted by Gasteiger charge is 2.11. The van der Waals surface area contributed by atoms with Gasteiger partial charge < -0.3 is 14.8 Å². The van der Waals surface area contributed by atoms with Crippen molar-refractivity contribution in [2.45, 2.75) is 13.8 Å². The molecule has 0 aliphatic rings. The van der Waals surface area contributed by atoms with E-state index in [0.717, 1.165) is 11.1 Å². The Bertz CT molecular complexity index is 1050. The summed E-state index contributed by atoms with van der Waals surface area (Å²) in [7, 11) is 1.58. The fraction of sp³-hybridized carbons (Fsp3) is 0.130. The van der Waals surface area contributed by atoms with E-state index in [-0.39, 0.29) is 5.91 Å². The number of nitrogens with one attached hydrogen (secondary N) is 1. The minimum absolute atomic E-state index is 0.206. The van der Waals surface area contributed by atoms with Gasteiger partial charge in [0, 0.05) is 11.3 Å². The summed E-state index contributed by atoms with van der Waals surface area (Å²) in [6.07, 6.45) is 0. The van der Waals surface area contributed by atoms with Gasteiger partial charge in [0.15, 0.2) is 0 Å². The van der Waals surface area contributed by atoms with Gasteiger partial charge in [0.05, 0.1) is 18.7 Å². The van der Waals surface area contributed by atoms with Crippen molar-refractivity contribution >= 4 is 11.6 Å². The first-order valence-corrected chi connectivity index (χ1v) is 8.75. The fourth-order valence-electron chi connectivity index (χ4n) is 2.73. The van der Waals surface area contributed by atoms with E-state index in [0.29, 0.717) is 34.1 Å². The topological polar surface area (TPSA) is 71.3 Å². The fourth-order valence-corrected chi connectivity index (χ4v) is 2.73. The van der Waals surface area contributed by atoms with E-state index in [2.05, 4.69) is 11.4 Å². The monoisotopic (exact) mass is 372 g/mol. The number of benzene rings is 3. The van der Waals surface area contributed by atoms with Gasteiger partial charge in [0.25, 0.3) is 5.91 Å². The maximum Gasteiger partial charge on any atom is 0.255 e.